The van der Waals surface area contributed by atoms with Crippen LogP contribution < -0.4 is 4.74 Å². The highest BCUT2D eigenvalue weighted by Crippen LogP contribution is 2.12. The first kappa shape index (κ1) is 23.2. The summed E-state index contributed by atoms with van der Waals surface area (Å²) in [6, 6.07) is 6.64. The molecule has 27 heavy (non-hydrogen) atoms. The molecule has 1 rings (SSSR count). The number of benzene rings is 1. The summed E-state index contributed by atoms with van der Waals surface area (Å²) in [5.41, 5.74) is 0.580. The van der Waals surface area contributed by atoms with Crippen LogP contribution >= 0.6 is 0 Å². The maximum Gasteiger partial charge on any atom is 0.344 e. The van der Waals surface area contributed by atoms with Gasteiger partial charge in [-0.1, -0.05) is 77.6 Å². The van der Waals surface area contributed by atoms with Crippen molar-refractivity contribution in [2.24, 2.45) is 0 Å². The topological polar surface area (TPSA) is 52.6 Å². The summed E-state index contributed by atoms with van der Waals surface area (Å²) in [6.07, 6.45) is 16.2. The van der Waals surface area contributed by atoms with Gasteiger partial charge < -0.3 is 9.47 Å². The standard InChI is InChI=1S/C23H36O4/c1-2-3-4-5-6-7-8-9-10-11-12-13-18-26-23(25)20-27-22-16-14-21(19-24)15-17-22/h14-17,19H,2-13,18,20H2,1H3. The minimum atomic E-state index is -0.350. The summed E-state index contributed by atoms with van der Waals surface area (Å²) in [5, 5.41) is 0. The van der Waals surface area contributed by atoms with Crippen LogP contribution in [0, 0.1) is 0 Å². The van der Waals surface area contributed by atoms with E-state index in [9.17, 15) is 9.59 Å². The van der Waals surface area contributed by atoms with Crippen LogP contribution in [0.4, 0.5) is 0 Å². The fourth-order valence-corrected chi connectivity index (χ4v) is 2.96. The predicted molar refractivity (Wildman–Crippen MR) is 109 cm³/mol. The van der Waals surface area contributed by atoms with Gasteiger partial charge in [-0.05, 0) is 30.7 Å². The molecule has 0 aliphatic rings. The lowest BCUT2D eigenvalue weighted by Crippen LogP contribution is -2.15. The first-order valence-electron chi connectivity index (χ1n) is 10.6. The molecule has 152 valence electrons. The first-order valence-corrected chi connectivity index (χ1v) is 10.6. The van der Waals surface area contributed by atoms with Gasteiger partial charge in [-0.2, -0.15) is 0 Å². The quantitative estimate of drug-likeness (QED) is 0.187. The maximum atomic E-state index is 11.6. The summed E-state index contributed by atoms with van der Waals surface area (Å²) < 4.78 is 10.5. The minimum absolute atomic E-state index is 0.0985. The van der Waals surface area contributed by atoms with E-state index in [0.717, 1.165) is 19.1 Å². The van der Waals surface area contributed by atoms with Crippen LogP contribution in [-0.2, 0) is 9.53 Å². The third-order valence-corrected chi connectivity index (χ3v) is 4.63. The Hall–Kier alpha value is -1.84. The van der Waals surface area contributed by atoms with Gasteiger partial charge in [-0.25, -0.2) is 4.79 Å². The molecule has 0 unspecified atom stereocenters. The molecule has 0 saturated heterocycles. The molecule has 1 aromatic rings. The second kappa shape index (κ2) is 16.3. The number of ether oxygens (including phenoxy) is 2. The van der Waals surface area contributed by atoms with Gasteiger partial charge >= 0.3 is 5.97 Å². The van der Waals surface area contributed by atoms with E-state index in [-0.39, 0.29) is 12.6 Å². The number of esters is 1. The van der Waals surface area contributed by atoms with Crippen LogP contribution in [0.5, 0.6) is 5.75 Å². The minimum Gasteiger partial charge on any atom is -0.482 e. The molecule has 0 saturated carbocycles. The van der Waals surface area contributed by atoms with E-state index in [2.05, 4.69) is 6.92 Å². The van der Waals surface area contributed by atoms with Gasteiger partial charge in [-0.15, -0.1) is 0 Å². The Morgan fingerprint density at radius 2 is 1.33 bits per heavy atom. The molecule has 0 spiro atoms. The van der Waals surface area contributed by atoms with Gasteiger partial charge in [0.1, 0.15) is 12.0 Å². The van der Waals surface area contributed by atoms with Crippen LogP contribution in [0.25, 0.3) is 0 Å². The van der Waals surface area contributed by atoms with Crippen LogP contribution in [0.1, 0.15) is 94.3 Å². The third kappa shape index (κ3) is 13.0. The molecule has 0 aliphatic heterocycles. The van der Waals surface area contributed by atoms with Gasteiger partial charge in [-0.3, -0.25) is 4.79 Å². The number of carbonyl (C=O) groups is 2. The van der Waals surface area contributed by atoms with Crippen molar-refractivity contribution in [2.75, 3.05) is 13.2 Å². The van der Waals surface area contributed by atoms with Crippen molar-refractivity contribution in [3.8, 4) is 5.75 Å². The van der Waals surface area contributed by atoms with Gasteiger partial charge in [0.25, 0.3) is 0 Å². The average molecular weight is 377 g/mol. The van der Waals surface area contributed by atoms with E-state index in [1.54, 1.807) is 24.3 Å². The molecule has 0 N–H and O–H groups in total. The second-order valence-electron chi connectivity index (χ2n) is 7.09. The molecular formula is C23H36O4. The largest absolute Gasteiger partial charge is 0.482 e. The van der Waals surface area contributed by atoms with Crippen molar-refractivity contribution in [3.05, 3.63) is 29.8 Å². The summed E-state index contributed by atoms with van der Waals surface area (Å²) >= 11 is 0. The monoisotopic (exact) mass is 376 g/mol. The molecule has 4 nitrogen and oxygen atoms in total. The molecule has 0 aromatic heterocycles. The van der Waals surface area contributed by atoms with E-state index < -0.39 is 0 Å². The van der Waals surface area contributed by atoms with Gasteiger partial charge in [0.05, 0.1) is 6.61 Å². The van der Waals surface area contributed by atoms with Crippen LogP contribution in [0.2, 0.25) is 0 Å². The number of unbranched alkanes of at least 4 members (excludes halogenated alkanes) is 11. The Kier molecular flexibility index (Phi) is 14.0. The first-order chi connectivity index (χ1) is 13.3. The molecule has 1 aromatic carbocycles. The number of carbonyl (C=O) groups excluding carboxylic acids is 2. The zero-order valence-electron chi connectivity index (χ0n) is 16.9. The molecule has 0 aliphatic carbocycles. The summed E-state index contributed by atoms with van der Waals surface area (Å²) in [6.45, 7) is 2.62. The zero-order valence-corrected chi connectivity index (χ0v) is 16.9. The molecule has 0 atom stereocenters. The molecule has 0 fully saturated rings. The number of hydrogen-bond donors (Lipinski definition) is 0. The van der Waals surface area contributed by atoms with Crippen LogP contribution in [0.15, 0.2) is 24.3 Å². The number of rotatable bonds is 17. The van der Waals surface area contributed by atoms with Crippen molar-refractivity contribution in [3.63, 3.8) is 0 Å². The molecular weight excluding hydrogens is 340 g/mol. The summed E-state index contributed by atoms with van der Waals surface area (Å²) in [5.74, 6) is 0.209. The smallest absolute Gasteiger partial charge is 0.344 e. The Bertz CT molecular complexity index is 496. The lowest BCUT2D eigenvalue weighted by atomic mass is 10.1. The Balaban J connectivity index is 1.87. The number of aldehydes is 1. The maximum absolute atomic E-state index is 11.6. The van der Waals surface area contributed by atoms with Crippen molar-refractivity contribution in [1.82, 2.24) is 0 Å². The van der Waals surface area contributed by atoms with Crippen molar-refractivity contribution < 1.29 is 19.1 Å². The third-order valence-electron chi connectivity index (χ3n) is 4.63. The van der Waals surface area contributed by atoms with Gasteiger partial charge in [0, 0.05) is 5.56 Å². The lowest BCUT2D eigenvalue weighted by molar-refractivity contribution is -0.146. The Morgan fingerprint density at radius 3 is 1.85 bits per heavy atom. The lowest BCUT2D eigenvalue weighted by Gasteiger charge is -2.07. The zero-order chi connectivity index (χ0) is 19.6. The SMILES string of the molecule is CCCCCCCCCCCCCCOC(=O)COc1ccc(C=O)cc1. The number of hydrogen-bond acceptors (Lipinski definition) is 4. The van der Waals surface area contributed by atoms with Crippen molar-refractivity contribution >= 4 is 12.3 Å². The normalized spacial score (nSPS) is 10.6. The molecule has 0 radical (unpaired) electrons. The van der Waals surface area contributed by atoms with E-state index in [1.807, 2.05) is 0 Å². The van der Waals surface area contributed by atoms with Crippen molar-refractivity contribution in [1.29, 1.82) is 0 Å². The van der Waals surface area contributed by atoms with E-state index in [1.165, 1.54) is 64.2 Å². The molecule has 0 heterocycles. The second-order valence-corrected chi connectivity index (χ2v) is 7.09. The average Bonchev–Trinajstić information content (AvgIpc) is 2.70. The Labute approximate surface area is 164 Å². The van der Waals surface area contributed by atoms with Crippen molar-refractivity contribution in [2.45, 2.75) is 84.0 Å². The highest BCUT2D eigenvalue weighted by Gasteiger charge is 2.04. The van der Waals surface area contributed by atoms with Gasteiger partial charge in [0.2, 0.25) is 0 Å². The van der Waals surface area contributed by atoms with Crippen LogP contribution in [0.3, 0.4) is 0 Å². The van der Waals surface area contributed by atoms with Gasteiger partial charge in [0.15, 0.2) is 6.61 Å². The summed E-state index contributed by atoms with van der Waals surface area (Å²) in [7, 11) is 0. The van der Waals surface area contributed by atoms with E-state index >= 15 is 0 Å². The van der Waals surface area contributed by atoms with E-state index in [0.29, 0.717) is 17.9 Å². The molecule has 4 heteroatoms. The Morgan fingerprint density at radius 1 is 0.815 bits per heavy atom. The molecule has 0 bridgehead atoms. The predicted octanol–water partition coefficient (Wildman–Crippen LogP) is 6.12. The van der Waals surface area contributed by atoms with Crippen LogP contribution in [-0.4, -0.2) is 25.5 Å². The summed E-state index contributed by atoms with van der Waals surface area (Å²) in [4.78, 5) is 22.2. The highest BCUT2D eigenvalue weighted by molar-refractivity contribution is 5.75. The fraction of sp³-hybridized carbons (Fsp3) is 0.652. The highest BCUT2D eigenvalue weighted by atomic mass is 16.6. The van der Waals surface area contributed by atoms with E-state index in [4.69, 9.17) is 9.47 Å². The fourth-order valence-electron chi connectivity index (χ4n) is 2.96. The molecule has 0 amide bonds.